The molecule has 1 aliphatic heterocycles. The Balaban J connectivity index is 1.62. The number of hydrogen-bond acceptors (Lipinski definition) is 7. The zero-order valence-electron chi connectivity index (χ0n) is 17.1. The van der Waals surface area contributed by atoms with Crippen LogP contribution in [0.2, 0.25) is 0 Å². The molecule has 0 atom stereocenters. The summed E-state index contributed by atoms with van der Waals surface area (Å²) in [6, 6.07) is 11.5. The molecule has 4 rings (SSSR count). The molecular weight excluding hydrogens is 398 g/mol. The standard InChI is InChI=1S/C22H23N5O2S/c1-22(2)14-23-12-17-5-4-16(11-18(17)22)19-7-9-25-21(26-19)27-20-10-15(6-8-24-20)13-30(3,28)29/h4-12H,13-14H2,1-3H3,(H,24,25,26,27). The lowest BCUT2D eigenvalue weighted by Gasteiger charge is -2.28. The number of benzene rings is 1. The lowest BCUT2D eigenvalue weighted by molar-refractivity contribution is 0.534. The normalized spacial score (nSPS) is 14.9. The highest BCUT2D eigenvalue weighted by molar-refractivity contribution is 7.89. The second-order valence-electron chi connectivity index (χ2n) is 8.17. The van der Waals surface area contributed by atoms with Gasteiger partial charge in [-0.1, -0.05) is 26.0 Å². The average Bonchev–Trinajstić information content (AvgIpc) is 2.67. The number of aromatic nitrogens is 3. The minimum absolute atomic E-state index is 0.0296. The third kappa shape index (κ3) is 4.54. The van der Waals surface area contributed by atoms with Gasteiger partial charge in [-0.2, -0.15) is 0 Å². The molecule has 0 spiro atoms. The first-order valence-electron chi connectivity index (χ1n) is 9.57. The van der Waals surface area contributed by atoms with E-state index in [0.717, 1.165) is 23.4 Å². The third-order valence-electron chi connectivity index (χ3n) is 4.94. The van der Waals surface area contributed by atoms with Crippen LogP contribution in [0.4, 0.5) is 11.8 Å². The van der Waals surface area contributed by atoms with Gasteiger partial charge in [-0.15, -0.1) is 0 Å². The van der Waals surface area contributed by atoms with E-state index in [2.05, 4.69) is 51.2 Å². The first-order valence-corrected chi connectivity index (χ1v) is 11.6. The second-order valence-corrected chi connectivity index (χ2v) is 10.3. The molecule has 0 saturated heterocycles. The van der Waals surface area contributed by atoms with Gasteiger partial charge in [-0.3, -0.25) is 4.99 Å². The summed E-state index contributed by atoms with van der Waals surface area (Å²) < 4.78 is 23.1. The van der Waals surface area contributed by atoms with Crippen LogP contribution in [0.1, 0.15) is 30.5 Å². The number of aliphatic imine (C=N–C) groups is 1. The highest BCUT2D eigenvalue weighted by atomic mass is 32.2. The van der Waals surface area contributed by atoms with Crippen molar-refractivity contribution in [1.29, 1.82) is 0 Å². The Kier molecular flexibility index (Phi) is 5.11. The van der Waals surface area contributed by atoms with E-state index in [0.29, 0.717) is 17.3 Å². The van der Waals surface area contributed by atoms with Crippen molar-refractivity contribution in [3.05, 3.63) is 65.5 Å². The molecule has 1 aromatic carbocycles. The van der Waals surface area contributed by atoms with Crippen LogP contribution in [-0.4, -0.2) is 42.4 Å². The maximum Gasteiger partial charge on any atom is 0.228 e. The van der Waals surface area contributed by atoms with Crippen molar-refractivity contribution < 1.29 is 8.42 Å². The number of nitrogens with one attached hydrogen (secondary N) is 1. The summed E-state index contributed by atoms with van der Waals surface area (Å²) in [5, 5.41) is 3.07. The van der Waals surface area contributed by atoms with Gasteiger partial charge in [0.2, 0.25) is 5.95 Å². The van der Waals surface area contributed by atoms with E-state index < -0.39 is 9.84 Å². The molecule has 3 aromatic rings. The van der Waals surface area contributed by atoms with Gasteiger partial charge in [0.25, 0.3) is 0 Å². The number of sulfone groups is 1. The van der Waals surface area contributed by atoms with Gasteiger partial charge >= 0.3 is 0 Å². The van der Waals surface area contributed by atoms with E-state index in [1.807, 2.05) is 18.3 Å². The molecule has 1 aliphatic rings. The van der Waals surface area contributed by atoms with Gasteiger partial charge in [0.1, 0.15) is 5.82 Å². The predicted molar refractivity (Wildman–Crippen MR) is 119 cm³/mol. The van der Waals surface area contributed by atoms with E-state index >= 15 is 0 Å². The summed E-state index contributed by atoms with van der Waals surface area (Å²) in [5.41, 5.74) is 4.80. The van der Waals surface area contributed by atoms with Crippen LogP contribution in [0.3, 0.4) is 0 Å². The van der Waals surface area contributed by atoms with Crippen molar-refractivity contribution >= 4 is 27.8 Å². The molecule has 154 valence electrons. The fraction of sp³-hybridized carbons (Fsp3) is 0.273. The van der Waals surface area contributed by atoms with Crippen LogP contribution in [0.15, 0.2) is 53.8 Å². The van der Waals surface area contributed by atoms with Crippen LogP contribution < -0.4 is 5.32 Å². The van der Waals surface area contributed by atoms with Crippen molar-refractivity contribution in [2.75, 3.05) is 18.1 Å². The Bertz CT molecular complexity index is 1240. The molecule has 0 saturated carbocycles. The number of pyridine rings is 1. The maximum absolute atomic E-state index is 11.5. The first-order chi connectivity index (χ1) is 14.2. The zero-order valence-corrected chi connectivity index (χ0v) is 17.9. The quantitative estimate of drug-likeness (QED) is 0.677. The Labute approximate surface area is 176 Å². The highest BCUT2D eigenvalue weighted by Gasteiger charge is 2.26. The smallest absolute Gasteiger partial charge is 0.228 e. The van der Waals surface area contributed by atoms with E-state index in [9.17, 15) is 8.42 Å². The van der Waals surface area contributed by atoms with Gasteiger partial charge in [-0.05, 0) is 41.0 Å². The lowest BCUT2D eigenvalue weighted by atomic mass is 9.79. The predicted octanol–water partition coefficient (Wildman–Crippen LogP) is 3.54. The monoisotopic (exact) mass is 421 g/mol. The van der Waals surface area contributed by atoms with Gasteiger partial charge in [0.15, 0.2) is 9.84 Å². The van der Waals surface area contributed by atoms with Gasteiger partial charge in [0.05, 0.1) is 11.4 Å². The molecule has 0 unspecified atom stereocenters. The number of rotatable bonds is 5. The molecule has 0 radical (unpaired) electrons. The number of nitrogens with zero attached hydrogens (tertiary/aromatic N) is 4. The third-order valence-corrected chi connectivity index (χ3v) is 5.80. The van der Waals surface area contributed by atoms with Crippen LogP contribution in [-0.2, 0) is 21.0 Å². The van der Waals surface area contributed by atoms with Crippen LogP contribution in [0.25, 0.3) is 11.3 Å². The van der Waals surface area contributed by atoms with E-state index in [4.69, 9.17) is 0 Å². The van der Waals surface area contributed by atoms with E-state index in [-0.39, 0.29) is 11.2 Å². The van der Waals surface area contributed by atoms with Gasteiger partial charge in [0, 0.05) is 42.4 Å². The molecule has 0 bridgehead atoms. The summed E-state index contributed by atoms with van der Waals surface area (Å²) in [4.78, 5) is 17.6. The Morgan fingerprint density at radius 1 is 1.07 bits per heavy atom. The fourth-order valence-electron chi connectivity index (χ4n) is 3.50. The largest absolute Gasteiger partial charge is 0.309 e. The summed E-state index contributed by atoms with van der Waals surface area (Å²) in [6.07, 6.45) is 6.39. The summed E-state index contributed by atoms with van der Waals surface area (Å²) in [5.74, 6) is 0.852. The molecule has 2 aromatic heterocycles. The molecule has 8 heteroatoms. The van der Waals surface area contributed by atoms with Gasteiger partial charge < -0.3 is 5.32 Å². The second kappa shape index (κ2) is 7.60. The molecule has 0 aliphatic carbocycles. The molecular formula is C22H23N5O2S. The minimum Gasteiger partial charge on any atom is -0.309 e. The number of hydrogen-bond donors (Lipinski definition) is 1. The zero-order chi connectivity index (χ0) is 21.4. The highest BCUT2D eigenvalue weighted by Crippen LogP contribution is 2.32. The van der Waals surface area contributed by atoms with Crippen molar-refractivity contribution in [2.45, 2.75) is 25.0 Å². The molecule has 3 heterocycles. The lowest BCUT2D eigenvalue weighted by Crippen LogP contribution is -2.26. The SMILES string of the molecule is CC1(C)CN=Cc2ccc(-c3ccnc(Nc4cc(CS(C)(=O)=O)ccn4)n3)cc21. The van der Waals surface area contributed by atoms with Gasteiger partial charge in [-0.25, -0.2) is 23.4 Å². The summed E-state index contributed by atoms with van der Waals surface area (Å²) >= 11 is 0. The van der Waals surface area contributed by atoms with Crippen LogP contribution >= 0.6 is 0 Å². The molecule has 30 heavy (non-hydrogen) atoms. The minimum atomic E-state index is -3.12. The van der Waals surface area contributed by atoms with E-state index in [1.54, 1.807) is 24.5 Å². The molecule has 0 amide bonds. The van der Waals surface area contributed by atoms with Crippen molar-refractivity contribution in [3.8, 4) is 11.3 Å². The fourth-order valence-corrected chi connectivity index (χ4v) is 4.29. The van der Waals surface area contributed by atoms with Crippen LogP contribution in [0, 0.1) is 0 Å². The summed E-state index contributed by atoms with van der Waals surface area (Å²) in [7, 11) is -3.12. The molecule has 0 fully saturated rings. The van der Waals surface area contributed by atoms with Crippen molar-refractivity contribution in [3.63, 3.8) is 0 Å². The number of anilines is 2. The first kappa shape index (κ1) is 20.2. The Morgan fingerprint density at radius 3 is 2.67 bits per heavy atom. The Hall–Kier alpha value is -3.13. The van der Waals surface area contributed by atoms with Crippen LogP contribution in [0.5, 0.6) is 0 Å². The molecule has 7 nitrogen and oxygen atoms in total. The van der Waals surface area contributed by atoms with Crippen molar-refractivity contribution in [2.24, 2.45) is 4.99 Å². The maximum atomic E-state index is 11.5. The molecule has 1 N–H and O–H groups in total. The Morgan fingerprint density at radius 2 is 1.87 bits per heavy atom. The van der Waals surface area contributed by atoms with E-state index in [1.165, 1.54) is 11.8 Å². The van der Waals surface area contributed by atoms with Crippen molar-refractivity contribution in [1.82, 2.24) is 15.0 Å². The average molecular weight is 422 g/mol. The topological polar surface area (TPSA) is 97.2 Å². The number of fused-ring (bicyclic) bond motifs is 1. The summed E-state index contributed by atoms with van der Waals surface area (Å²) in [6.45, 7) is 5.14.